The van der Waals surface area contributed by atoms with Crippen LogP contribution in [0, 0.1) is 12.7 Å². The van der Waals surface area contributed by atoms with Gasteiger partial charge in [0, 0.05) is 4.88 Å². The summed E-state index contributed by atoms with van der Waals surface area (Å²) in [7, 11) is 0. The third-order valence-corrected chi connectivity index (χ3v) is 4.08. The van der Waals surface area contributed by atoms with Crippen molar-refractivity contribution in [2.24, 2.45) is 5.84 Å². The number of hydrazine groups is 1. The second-order valence-electron chi connectivity index (χ2n) is 4.22. The van der Waals surface area contributed by atoms with E-state index in [1.54, 1.807) is 12.1 Å². The highest BCUT2D eigenvalue weighted by Crippen LogP contribution is 2.32. The fourth-order valence-corrected chi connectivity index (χ4v) is 3.00. The number of nitrogens with one attached hydrogen (secondary N) is 1. The van der Waals surface area contributed by atoms with E-state index in [9.17, 15) is 4.39 Å². The normalized spacial score (nSPS) is 11.0. The average Bonchev–Trinajstić information content (AvgIpc) is 2.81. The number of benzene rings is 1. The van der Waals surface area contributed by atoms with E-state index < -0.39 is 5.82 Å². The lowest BCUT2D eigenvalue weighted by Crippen LogP contribution is -2.10. The van der Waals surface area contributed by atoms with Crippen LogP contribution in [0.15, 0.2) is 24.3 Å². The van der Waals surface area contributed by atoms with Crippen molar-refractivity contribution in [3.8, 4) is 11.4 Å². The number of thiophene rings is 1. The zero-order valence-electron chi connectivity index (χ0n) is 10.4. The fraction of sp³-hybridized carbons (Fsp3) is 0.0769. The smallest absolute Gasteiger partial charge is 0.166 e. The number of hydrogen-bond acceptors (Lipinski definition) is 5. The van der Waals surface area contributed by atoms with Gasteiger partial charge in [0.25, 0.3) is 0 Å². The molecule has 3 N–H and O–H groups in total. The Morgan fingerprint density at radius 3 is 2.90 bits per heavy atom. The van der Waals surface area contributed by atoms with Crippen LogP contribution in [0.1, 0.15) is 4.88 Å². The molecule has 0 spiro atoms. The molecular formula is C13H10ClFN4S. The van der Waals surface area contributed by atoms with Gasteiger partial charge in [0.15, 0.2) is 17.5 Å². The van der Waals surface area contributed by atoms with Gasteiger partial charge in [0.05, 0.1) is 16.0 Å². The third-order valence-electron chi connectivity index (χ3n) is 2.85. The Labute approximate surface area is 123 Å². The maximum absolute atomic E-state index is 14.1. The van der Waals surface area contributed by atoms with E-state index in [1.807, 2.05) is 13.0 Å². The molecule has 3 rings (SSSR count). The van der Waals surface area contributed by atoms with Crippen molar-refractivity contribution < 1.29 is 4.39 Å². The van der Waals surface area contributed by atoms with Crippen LogP contribution in [0.2, 0.25) is 5.02 Å². The minimum Gasteiger partial charge on any atom is -0.308 e. The minimum absolute atomic E-state index is 0.0378. The van der Waals surface area contributed by atoms with Gasteiger partial charge >= 0.3 is 0 Å². The van der Waals surface area contributed by atoms with Crippen LogP contribution < -0.4 is 11.3 Å². The van der Waals surface area contributed by atoms with Gasteiger partial charge in [-0.15, -0.1) is 11.3 Å². The predicted molar refractivity (Wildman–Crippen MR) is 80.4 cm³/mol. The second kappa shape index (κ2) is 4.97. The Morgan fingerprint density at radius 2 is 2.15 bits per heavy atom. The van der Waals surface area contributed by atoms with Gasteiger partial charge in [0.2, 0.25) is 0 Å². The molecule has 0 aliphatic rings. The molecule has 0 atom stereocenters. The van der Waals surface area contributed by atoms with Crippen LogP contribution in [-0.4, -0.2) is 9.97 Å². The van der Waals surface area contributed by atoms with Crippen molar-refractivity contribution in [2.75, 3.05) is 5.43 Å². The highest BCUT2D eigenvalue weighted by molar-refractivity contribution is 7.18. The van der Waals surface area contributed by atoms with Crippen LogP contribution in [0.3, 0.4) is 0 Å². The van der Waals surface area contributed by atoms with Gasteiger partial charge in [-0.3, -0.25) is 0 Å². The van der Waals surface area contributed by atoms with Gasteiger partial charge in [-0.1, -0.05) is 17.7 Å². The number of aromatic nitrogens is 2. The van der Waals surface area contributed by atoms with Crippen molar-refractivity contribution in [1.82, 2.24) is 9.97 Å². The predicted octanol–water partition coefficient (Wildman–Crippen LogP) is 3.74. The van der Waals surface area contributed by atoms with Crippen LogP contribution >= 0.6 is 22.9 Å². The van der Waals surface area contributed by atoms with Gasteiger partial charge in [-0.05, 0) is 25.1 Å². The number of anilines is 1. The number of nitrogens with two attached hydrogens (primary N) is 1. The third kappa shape index (κ3) is 2.11. The van der Waals surface area contributed by atoms with Crippen molar-refractivity contribution in [3.05, 3.63) is 40.0 Å². The highest BCUT2D eigenvalue weighted by Gasteiger charge is 2.15. The fourth-order valence-electron chi connectivity index (χ4n) is 1.95. The molecule has 0 radical (unpaired) electrons. The molecule has 4 nitrogen and oxygen atoms in total. The molecule has 0 aliphatic heterocycles. The van der Waals surface area contributed by atoms with Crippen LogP contribution in [0.4, 0.5) is 10.2 Å². The van der Waals surface area contributed by atoms with Crippen molar-refractivity contribution >= 4 is 39.0 Å². The van der Waals surface area contributed by atoms with E-state index in [4.69, 9.17) is 17.4 Å². The SMILES string of the molecule is Cc1cc2c(NN)nc(-c3cccc(Cl)c3F)nc2s1. The minimum atomic E-state index is -0.537. The molecule has 102 valence electrons. The van der Waals surface area contributed by atoms with E-state index >= 15 is 0 Å². The zero-order chi connectivity index (χ0) is 14.3. The molecule has 0 saturated heterocycles. The summed E-state index contributed by atoms with van der Waals surface area (Å²) in [6.45, 7) is 1.96. The number of nitrogen functional groups attached to an aromatic ring is 1. The van der Waals surface area contributed by atoms with E-state index in [1.165, 1.54) is 17.4 Å². The molecule has 1 aromatic carbocycles. The van der Waals surface area contributed by atoms with Crippen molar-refractivity contribution in [1.29, 1.82) is 0 Å². The maximum atomic E-state index is 14.1. The zero-order valence-corrected chi connectivity index (χ0v) is 12.0. The first kappa shape index (κ1) is 13.2. The van der Waals surface area contributed by atoms with Crippen LogP contribution in [0.5, 0.6) is 0 Å². The number of fused-ring (bicyclic) bond motifs is 1. The van der Waals surface area contributed by atoms with Gasteiger partial charge < -0.3 is 5.43 Å². The summed E-state index contributed by atoms with van der Waals surface area (Å²) in [5, 5.41) is 0.858. The van der Waals surface area contributed by atoms with Crippen molar-refractivity contribution in [2.45, 2.75) is 6.92 Å². The van der Waals surface area contributed by atoms with E-state index in [0.29, 0.717) is 5.82 Å². The van der Waals surface area contributed by atoms with Gasteiger partial charge in [-0.2, -0.15) is 0 Å². The number of rotatable bonds is 2. The largest absolute Gasteiger partial charge is 0.308 e. The van der Waals surface area contributed by atoms with E-state index in [2.05, 4.69) is 15.4 Å². The lowest BCUT2D eigenvalue weighted by atomic mass is 10.2. The standard InChI is InChI=1S/C13H10ClFN4S/c1-6-5-8-12(19-16)17-11(18-13(8)20-6)7-3-2-4-9(14)10(7)15/h2-5H,16H2,1H3,(H,17,18,19). The molecule has 20 heavy (non-hydrogen) atoms. The van der Waals surface area contributed by atoms with E-state index in [0.717, 1.165) is 15.1 Å². The number of hydrogen-bond donors (Lipinski definition) is 2. The summed E-state index contributed by atoms with van der Waals surface area (Å²) < 4.78 is 14.1. The molecule has 0 fully saturated rings. The van der Waals surface area contributed by atoms with Crippen molar-refractivity contribution in [3.63, 3.8) is 0 Å². The van der Waals surface area contributed by atoms with Crippen LogP contribution in [0.25, 0.3) is 21.6 Å². The quantitative estimate of drug-likeness (QED) is 0.559. The second-order valence-corrected chi connectivity index (χ2v) is 5.86. The lowest BCUT2D eigenvalue weighted by Gasteiger charge is -2.06. The average molecular weight is 309 g/mol. The summed E-state index contributed by atoms with van der Waals surface area (Å²) in [5.41, 5.74) is 2.78. The number of aryl methyl sites for hydroxylation is 1. The number of nitrogens with zero attached hydrogens (tertiary/aromatic N) is 2. The molecule has 0 bridgehead atoms. The van der Waals surface area contributed by atoms with Crippen LogP contribution in [-0.2, 0) is 0 Å². The number of halogens is 2. The van der Waals surface area contributed by atoms with Gasteiger partial charge in [-0.25, -0.2) is 20.2 Å². The molecule has 3 aromatic rings. The molecule has 0 saturated carbocycles. The first-order valence-corrected chi connectivity index (χ1v) is 6.99. The molecule has 0 unspecified atom stereocenters. The molecule has 0 amide bonds. The summed E-state index contributed by atoms with van der Waals surface area (Å²) >= 11 is 7.29. The monoisotopic (exact) mass is 308 g/mol. The molecule has 7 heteroatoms. The Balaban J connectivity index is 2.28. The highest BCUT2D eigenvalue weighted by atomic mass is 35.5. The Morgan fingerprint density at radius 1 is 1.35 bits per heavy atom. The maximum Gasteiger partial charge on any atom is 0.166 e. The Hall–Kier alpha value is -1.76. The topological polar surface area (TPSA) is 63.8 Å². The summed E-state index contributed by atoms with van der Waals surface area (Å²) in [6.07, 6.45) is 0. The lowest BCUT2D eigenvalue weighted by molar-refractivity contribution is 0.630. The molecule has 2 heterocycles. The first-order valence-electron chi connectivity index (χ1n) is 5.79. The Bertz CT molecular complexity index is 802. The molecule has 0 aliphatic carbocycles. The first-order chi connectivity index (χ1) is 9.60. The van der Waals surface area contributed by atoms with Gasteiger partial charge in [0.1, 0.15) is 4.83 Å². The Kier molecular flexibility index (Phi) is 3.29. The summed E-state index contributed by atoms with van der Waals surface area (Å²) in [4.78, 5) is 10.5. The van der Waals surface area contributed by atoms with E-state index in [-0.39, 0.29) is 16.4 Å². The molecule has 2 aromatic heterocycles. The molecular weight excluding hydrogens is 299 g/mol. The summed E-state index contributed by atoms with van der Waals surface area (Å²) in [5.74, 6) is 5.67. The summed E-state index contributed by atoms with van der Waals surface area (Å²) in [6, 6.07) is 6.66.